The van der Waals surface area contributed by atoms with Gasteiger partial charge in [0, 0.05) is 5.92 Å². The van der Waals surface area contributed by atoms with Gasteiger partial charge >= 0.3 is 0 Å². The van der Waals surface area contributed by atoms with Crippen molar-refractivity contribution in [3.05, 3.63) is 11.6 Å². The third-order valence-corrected chi connectivity index (χ3v) is 4.37. The Morgan fingerprint density at radius 1 is 1.50 bits per heavy atom. The maximum atomic E-state index is 10.3. The summed E-state index contributed by atoms with van der Waals surface area (Å²) >= 11 is 0. The van der Waals surface area contributed by atoms with Crippen LogP contribution in [0.5, 0.6) is 0 Å². The maximum absolute atomic E-state index is 10.3. The fraction of sp³-hybridized carbons (Fsp3) is 0.769. The lowest BCUT2D eigenvalue weighted by atomic mass is 9.71. The predicted octanol–water partition coefficient (Wildman–Crippen LogP) is -0.985. The minimum Gasteiger partial charge on any atom is -0.411 e. The molecule has 7 nitrogen and oxygen atoms in total. The molecule has 1 saturated heterocycles. The predicted molar refractivity (Wildman–Crippen MR) is 69.5 cm³/mol. The van der Waals surface area contributed by atoms with Gasteiger partial charge in [-0.3, -0.25) is 0 Å². The number of ether oxygens (including phenoxy) is 1. The lowest BCUT2D eigenvalue weighted by Gasteiger charge is -2.50. The van der Waals surface area contributed by atoms with E-state index in [4.69, 9.17) is 15.1 Å². The second kappa shape index (κ2) is 5.42. The summed E-state index contributed by atoms with van der Waals surface area (Å²) in [4.78, 5) is 0. The van der Waals surface area contributed by atoms with Gasteiger partial charge in [0.05, 0.1) is 24.0 Å². The molecule has 1 aliphatic heterocycles. The fourth-order valence-corrected chi connectivity index (χ4v) is 2.90. The lowest BCUT2D eigenvalue weighted by molar-refractivity contribution is -0.217. The average molecular weight is 287 g/mol. The van der Waals surface area contributed by atoms with E-state index in [0.29, 0.717) is 12.1 Å². The number of aliphatic hydroxyl groups excluding tert-OH is 4. The number of aliphatic hydroxyl groups is 4. The zero-order valence-corrected chi connectivity index (χ0v) is 11.5. The van der Waals surface area contributed by atoms with E-state index in [-0.39, 0.29) is 0 Å². The third-order valence-electron chi connectivity index (χ3n) is 4.37. The van der Waals surface area contributed by atoms with Crippen LogP contribution in [0.1, 0.15) is 20.3 Å². The highest BCUT2D eigenvalue weighted by Crippen LogP contribution is 2.43. The molecule has 6 atom stereocenters. The molecule has 7 heteroatoms. The molecule has 2 aliphatic rings. The largest absolute Gasteiger partial charge is 0.411 e. The molecule has 0 unspecified atom stereocenters. The van der Waals surface area contributed by atoms with Gasteiger partial charge in [-0.25, -0.2) is 0 Å². The first-order valence-electron chi connectivity index (χ1n) is 6.57. The Kier molecular flexibility index (Phi) is 4.17. The molecular weight excluding hydrogens is 266 g/mol. The number of oxime groups is 1. The summed E-state index contributed by atoms with van der Waals surface area (Å²) < 4.78 is 5.77. The van der Waals surface area contributed by atoms with Gasteiger partial charge in [-0.05, 0) is 31.9 Å². The molecular formula is C13H21NO6. The second-order valence-electron chi connectivity index (χ2n) is 5.71. The van der Waals surface area contributed by atoms with Crippen LogP contribution in [0.2, 0.25) is 0 Å². The minimum absolute atomic E-state index is 0.325. The van der Waals surface area contributed by atoms with Crippen molar-refractivity contribution in [1.29, 1.82) is 0 Å². The van der Waals surface area contributed by atoms with Crippen LogP contribution < -0.4 is 0 Å². The first kappa shape index (κ1) is 15.4. The Morgan fingerprint density at radius 2 is 2.15 bits per heavy atom. The molecule has 1 fully saturated rings. The van der Waals surface area contributed by atoms with E-state index in [1.54, 1.807) is 6.08 Å². The summed E-state index contributed by atoms with van der Waals surface area (Å²) in [6.07, 6.45) is -2.95. The first-order valence-corrected chi connectivity index (χ1v) is 6.57. The van der Waals surface area contributed by atoms with Gasteiger partial charge in [0.1, 0.15) is 18.3 Å². The molecule has 2 rings (SSSR count). The Balaban J connectivity index is 2.35. The molecule has 2 bridgehead atoms. The normalized spacial score (nSPS) is 42.2. The van der Waals surface area contributed by atoms with Gasteiger partial charge in [0.15, 0.2) is 0 Å². The molecule has 1 heterocycles. The van der Waals surface area contributed by atoms with E-state index in [2.05, 4.69) is 5.16 Å². The highest BCUT2D eigenvalue weighted by Gasteiger charge is 2.52. The number of fused-ring (bicyclic) bond motifs is 2. The van der Waals surface area contributed by atoms with Crippen molar-refractivity contribution < 1.29 is 30.4 Å². The summed E-state index contributed by atoms with van der Waals surface area (Å²) in [5.74, 6) is -0.493. The van der Waals surface area contributed by atoms with Crippen molar-refractivity contribution in [2.75, 3.05) is 6.61 Å². The van der Waals surface area contributed by atoms with Gasteiger partial charge < -0.3 is 30.4 Å². The summed E-state index contributed by atoms with van der Waals surface area (Å²) in [7, 11) is 0. The highest BCUT2D eigenvalue weighted by atomic mass is 16.5. The quantitative estimate of drug-likeness (QED) is 0.336. The second-order valence-corrected chi connectivity index (χ2v) is 5.71. The number of allylic oxidation sites excluding steroid dienone is 1. The topological polar surface area (TPSA) is 123 Å². The summed E-state index contributed by atoms with van der Waals surface area (Å²) in [6, 6.07) is 0. The molecule has 114 valence electrons. The van der Waals surface area contributed by atoms with E-state index in [1.807, 2.05) is 13.8 Å². The van der Waals surface area contributed by atoms with E-state index in [9.17, 15) is 15.3 Å². The molecule has 5 N–H and O–H groups in total. The molecule has 0 spiro atoms. The van der Waals surface area contributed by atoms with Gasteiger partial charge in [-0.2, -0.15) is 0 Å². The Morgan fingerprint density at radius 3 is 2.70 bits per heavy atom. The van der Waals surface area contributed by atoms with Crippen LogP contribution in [0, 0.1) is 5.92 Å². The van der Waals surface area contributed by atoms with Crippen molar-refractivity contribution in [3.8, 4) is 0 Å². The Hall–Kier alpha value is -0.990. The van der Waals surface area contributed by atoms with Gasteiger partial charge in [0.25, 0.3) is 0 Å². The first-order chi connectivity index (χ1) is 9.34. The van der Waals surface area contributed by atoms with Crippen LogP contribution in [-0.4, -0.2) is 68.0 Å². The molecule has 0 aromatic heterocycles. The van der Waals surface area contributed by atoms with E-state index < -0.39 is 42.5 Å². The van der Waals surface area contributed by atoms with Crippen molar-refractivity contribution >= 4 is 5.71 Å². The zero-order valence-electron chi connectivity index (χ0n) is 11.5. The number of hydrogen-bond acceptors (Lipinski definition) is 7. The standard InChI is InChI=1S/C13H21NO6/c1-6-3-8(14-19)7-4-13(6,2)20-12(10(7)17)11(18)9(16)5-15/h3,7,9-12,15-19H,4-5H2,1-2H3/b14-8-/t7-,9+,10-,11+,12+,13+/m0/s1. The van der Waals surface area contributed by atoms with Crippen molar-refractivity contribution in [3.63, 3.8) is 0 Å². The summed E-state index contributed by atoms with van der Waals surface area (Å²) in [5.41, 5.74) is 0.425. The summed E-state index contributed by atoms with van der Waals surface area (Å²) in [6.45, 7) is 2.99. The molecule has 1 aliphatic carbocycles. The molecule has 0 aromatic rings. The van der Waals surface area contributed by atoms with Gasteiger partial charge in [-0.1, -0.05) is 5.16 Å². The van der Waals surface area contributed by atoms with Gasteiger partial charge in [-0.15, -0.1) is 0 Å². The SMILES string of the molecule is CC1=C/C(=N/O)[C@@H]2C[C@@]1(C)O[C@@H]([C@H](O)[C@H](O)CO)[C@H]2O. The molecule has 0 saturated carbocycles. The van der Waals surface area contributed by atoms with Crippen LogP contribution >= 0.6 is 0 Å². The third kappa shape index (κ3) is 2.36. The van der Waals surface area contributed by atoms with E-state index in [0.717, 1.165) is 5.57 Å². The fourth-order valence-electron chi connectivity index (χ4n) is 2.90. The van der Waals surface area contributed by atoms with E-state index >= 15 is 0 Å². The Bertz CT molecular complexity index is 437. The molecule has 0 aromatic carbocycles. The van der Waals surface area contributed by atoms with Crippen molar-refractivity contribution in [1.82, 2.24) is 0 Å². The minimum atomic E-state index is -1.43. The summed E-state index contributed by atoms with van der Waals surface area (Å²) in [5, 5.41) is 51.0. The zero-order chi connectivity index (χ0) is 15.1. The number of hydrogen-bond donors (Lipinski definition) is 5. The number of rotatable bonds is 3. The van der Waals surface area contributed by atoms with Crippen LogP contribution in [0.25, 0.3) is 0 Å². The molecule has 0 amide bonds. The van der Waals surface area contributed by atoms with Crippen LogP contribution in [0.3, 0.4) is 0 Å². The lowest BCUT2D eigenvalue weighted by Crippen LogP contribution is -2.61. The van der Waals surface area contributed by atoms with Crippen LogP contribution in [-0.2, 0) is 4.74 Å². The molecule has 0 radical (unpaired) electrons. The van der Waals surface area contributed by atoms with Crippen LogP contribution in [0.4, 0.5) is 0 Å². The smallest absolute Gasteiger partial charge is 0.114 e. The maximum Gasteiger partial charge on any atom is 0.114 e. The Labute approximate surface area is 116 Å². The van der Waals surface area contributed by atoms with Crippen LogP contribution in [0.15, 0.2) is 16.8 Å². The van der Waals surface area contributed by atoms with E-state index in [1.165, 1.54) is 0 Å². The van der Waals surface area contributed by atoms with Crippen molar-refractivity contribution in [2.45, 2.75) is 50.3 Å². The highest BCUT2D eigenvalue weighted by molar-refractivity contribution is 5.99. The molecule has 20 heavy (non-hydrogen) atoms. The monoisotopic (exact) mass is 287 g/mol. The van der Waals surface area contributed by atoms with Crippen molar-refractivity contribution in [2.24, 2.45) is 11.1 Å². The average Bonchev–Trinajstić information content (AvgIpc) is 2.44. The number of nitrogens with zero attached hydrogens (tertiary/aromatic N) is 1. The van der Waals surface area contributed by atoms with Gasteiger partial charge in [0.2, 0.25) is 0 Å².